The Labute approximate surface area is 70.7 Å². The van der Waals surface area contributed by atoms with Crippen molar-refractivity contribution in [2.24, 2.45) is 5.73 Å². The van der Waals surface area contributed by atoms with Crippen LogP contribution in [0.1, 0.15) is 32.1 Å². The van der Waals surface area contributed by atoms with E-state index >= 15 is 0 Å². The molecule has 0 aliphatic heterocycles. The molecule has 1 rings (SSSR count). The van der Waals surface area contributed by atoms with Gasteiger partial charge in [0.2, 0.25) is 0 Å². The van der Waals surface area contributed by atoms with Crippen LogP contribution >= 0.6 is 0 Å². The first-order valence-electron chi connectivity index (χ1n) is 4.23. The van der Waals surface area contributed by atoms with Crippen LogP contribution in [-0.2, 0) is 4.79 Å². The lowest BCUT2D eigenvalue weighted by molar-refractivity contribution is -0.143. The number of rotatable bonds is 2. The number of hydrogen-bond donors (Lipinski definition) is 2. The summed E-state index contributed by atoms with van der Waals surface area (Å²) in [5.74, 6) is -1.24. The molecule has 4 heteroatoms. The SMILES string of the molecule is NC(C(=O)O)C1(F)CCCCC1. The summed E-state index contributed by atoms with van der Waals surface area (Å²) in [5.41, 5.74) is 3.59. The van der Waals surface area contributed by atoms with Gasteiger partial charge in [0.15, 0.2) is 0 Å². The van der Waals surface area contributed by atoms with Gasteiger partial charge in [-0.3, -0.25) is 4.79 Å². The highest BCUT2D eigenvalue weighted by atomic mass is 19.1. The van der Waals surface area contributed by atoms with E-state index in [0.29, 0.717) is 12.8 Å². The maximum Gasteiger partial charge on any atom is 0.323 e. The molecule has 0 amide bonds. The molecule has 3 N–H and O–H groups in total. The lowest BCUT2D eigenvalue weighted by atomic mass is 9.81. The Kier molecular flexibility index (Phi) is 2.67. The summed E-state index contributed by atoms with van der Waals surface area (Å²) in [6.07, 6.45) is 3.06. The van der Waals surface area contributed by atoms with E-state index in [0.717, 1.165) is 19.3 Å². The van der Waals surface area contributed by atoms with Crippen molar-refractivity contribution in [3.05, 3.63) is 0 Å². The van der Waals surface area contributed by atoms with Crippen LogP contribution in [0.2, 0.25) is 0 Å². The fourth-order valence-electron chi connectivity index (χ4n) is 1.67. The zero-order valence-electron chi connectivity index (χ0n) is 6.92. The van der Waals surface area contributed by atoms with Crippen LogP contribution < -0.4 is 5.73 Å². The Morgan fingerprint density at radius 3 is 2.33 bits per heavy atom. The molecule has 1 unspecified atom stereocenters. The topological polar surface area (TPSA) is 63.3 Å². The molecular formula is C8H14FNO2. The Morgan fingerprint density at radius 1 is 1.42 bits per heavy atom. The summed E-state index contributed by atoms with van der Waals surface area (Å²) in [5, 5.41) is 8.53. The normalized spacial score (nSPS) is 24.8. The third kappa shape index (κ3) is 1.75. The molecule has 12 heavy (non-hydrogen) atoms. The molecule has 70 valence electrons. The number of halogens is 1. The van der Waals surface area contributed by atoms with Crippen molar-refractivity contribution in [2.45, 2.75) is 43.8 Å². The number of carbonyl (C=O) groups is 1. The van der Waals surface area contributed by atoms with Crippen molar-refractivity contribution in [1.29, 1.82) is 0 Å². The van der Waals surface area contributed by atoms with E-state index in [1.807, 2.05) is 0 Å². The van der Waals surface area contributed by atoms with Gasteiger partial charge in [0.25, 0.3) is 0 Å². The smallest absolute Gasteiger partial charge is 0.323 e. The third-order valence-corrected chi connectivity index (χ3v) is 2.51. The number of alkyl halides is 1. The average Bonchev–Trinajstić information content (AvgIpc) is 2.04. The molecule has 0 spiro atoms. The van der Waals surface area contributed by atoms with Crippen molar-refractivity contribution < 1.29 is 14.3 Å². The van der Waals surface area contributed by atoms with E-state index in [9.17, 15) is 9.18 Å². The maximum atomic E-state index is 13.7. The molecule has 0 heterocycles. The van der Waals surface area contributed by atoms with Gasteiger partial charge in [-0.1, -0.05) is 19.3 Å². The molecule has 0 bridgehead atoms. The molecule has 1 atom stereocenters. The van der Waals surface area contributed by atoms with Gasteiger partial charge in [-0.05, 0) is 12.8 Å². The van der Waals surface area contributed by atoms with Gasteiger partial charge >= 0.3 is 5.97 Å². The molecular weight excluding hydrogens is 161 g/mol. The highest BCUT2D eigenvalue weighted by Crippen LogP contribution is 2.33. The Balaban J connectivity index is 2.62. The van der Waals surface area contributed by atoms with Crippen LogP contribution in [0.25, 0.3) is 0 Å². The lowest BCUT2D eigenvalue weighted by Gasteiger charge is -2.32. The molecule has 0 radical (unpaired) electrons. The second kappa shape index (κ2) is 3.39. The molecule has 1 fully saturated rings. The van der Waals surface area contributed by atoms with Crippen molar-refractivity contribution in [3.63, 3.8) is 0 Å². The van der Waals surface area contributed by atoms with E-state index in [1.54, 1.807) is 0 Å². The first-order chi connectivity index (χ1) is 5.56. The first kappa shape index (κ1) is 9.45. The standard InChI is InChI=1S/C8H14FNO2/c9-8(6(10)7(11)12)4-2-1-3-5-8/h6H,1-5,10H2,(H,11,12). The summed E-state index contributed by atoms with van der Waals surface area (Å²) in [6.45, 7) is 0. The summed E-state index contributed by atoms with van der Waals surface area (Å²) in [6, 6.07) is -1.35. The van der Waals surface area contributed by atoms with Gasteiger partial charge in [0, 0.05) is 0 Å². The summed E-state index contributed by atoms with van der Waals surface area (Å²) in [7, 11) is 0. The minimum absolute atomic E-state index is 0.292. The van der Waals surface area contributed by atoms with Crippen molar-refractivity contribution >= 4 is 5.97 Å². The molecule has 1 aliphatic carbocycles. The third-order valence-electron chi connectivity index (χ3n) is 2.51. The number of hydrogen-bond acceptors (Lipinski definition) is 2. The molecule has 0 aromatic carbocycles. The summed E-state index contributed by atoms with van der Waals surface area (Å²) >= 11 is 0. The number of carboxylic acid groups (broad SMARTS) is 1. The van der Waals surface area contributed by atoms with E-state index in [4.69, 9.17) is 10.8 Å². The fourth-order valence-corrected chi connectivity index (χ4v) is 1.67. The van der Waals surface area contributed by atoms with E-state index in [-0.39, 0.29) is 0 Å². The van der Waals surface area contributed by atoms with Crippen LogP contribution in [0, 0.1) is 0 Å². The zero-order chi connectivity index (χ0) is 9.19. The Bertz CT molecular complexity index is 178. The van der Waals surface area contributed by atoms with E-state index in [1.165, 1.54) is 0 Å². The Hall–Kier alpha value is -0.640. The molecule has 0 aromatic rings. The number of carboxylic acids is 1. The number of aliphatic carboxylic acids is 1. The summed E-state index contributed by atoms with van der Waals surface area (Å²) < 4.78 is 13.7. The molecule has 0 saturated heterocycles. The van der Waals surface area contributed by atoms with Crippen molar-refractivity contribution in [2.75, 3.05) is 0 Å². The Morgan fingerprint density at radius 2 is 1.92 bits per heavy atom. The second-order valence-electron chi connectivity index (χ2n) is 3.41. The van der Waals surface area contributed by atoms with Gasteiger partial charge in [0.1, 0.15) is 11.7 Å². The monoisotopic (exact) mass is 175 g/mol. The van der Waals surface area contributed by atoms with Gasteiger partial charge < -0.3 is 10.8 Å². The summed E-state index contributed by atoms with van der Waals surface area (Å²) in [4.78, 5) is 10.4. The quantitative estimate of drug-likeness (QED) is 0.659. The second-order valence-corrected chi connectivity index (χ2v) is 3.41. The van der Waals surface area contributed by atoms with Crippen molar-refractivity contribution in [1.82, 2.24) is 0 Å². The molecule has 0 aromatic heterocycles. The highest BCUT2D eigenvalue weighted by molar-refractivity contribution is 5.74. The fraction of sp³-hybridized carbons (Fsp3) is 0.875. The van der Waals surface area contributed by atoms with Crippen LogP contribution in [0.4, 0.5) is 4.39 Å². The largest absolute Gasteiger partial charge is 0.480 e. The maximum absolute atomic E-state index is 13.7. The lowest BCUT2D eigenvalue weighted by Crippen LogP contribution is -2.50. The van der Waals surface area contributed by atoms with Crippen molar-refractivity contribution in [3.8, 4) is 0 Å². The minimum Gasteiger partial charge on any atom is -0.480 e. The van der Waals surface area contributed by atoms with Crippen LogP contribution in [0.15, 0.2) is 0 Å². The van der Waals surface area contributed by atoms with Crippen LogP contribution in [0.5, 0.6) is 0 Å². The average molecular weight is 175 g/mol. The first-order valence-corrected chi connectivity index (χ1v) is 4.23. The highest BCUT2D eigenvalue weighted by Gasteiger charge is 2.41. The van der Waals surface area contributed by atoms with Crippen LogP contribution in [0.3, 0.4) is 0 Å². The predicted molar refractivity (Wildman–Crippen MR) is 42.5 cm³/mol. The van der Waals surface area contributed by atoms with Gasteiger partial charge in [-0.15, -0.1) is 0 Å². The van der Waals surface area contributed by atoms with Gasteiger partial charge in [-0.2, -0.15) is 0 Å². The van der Waals surface area contributed by atoms with Gasteiger partial charge in [-0.25, -0.2) is 4.39 Å². The molecule has 1 saturated carbocycles. The van der Waals surface area contributed by atoms with E-state index < -0.39 is 17.7 Å². The van der Waals surface area contributed by atoms with Gasteiger partial charge in [0.05, 0.1) is 0 Å². The van der Waals surface area contributed by atoms with Crippen LogP contribution in [-0.4, -0.2) is 22.8 Å². The van der Waals surface area contributed by atoms with E-state index in [2.05, 4.69) is 0 Å². The predicted octanol–water partition coefficient (Wildman–Crippen LogP) is 1.07. The minimum atomic E-state index is -1.66. The molecule has 1 aliphatic rings. The molecule has 3 nitrogen and oxygen atoms in total. The zero-order valence-corrected chi connectivity index (χ0v) is 6.92. The number of nitrogens with two attached hydrogens (primary N) is 1.